The molecule has 2 saturated heterocycles. The van der Waals surface area contributed by atoms with E-state index < -0.39 is 11.7 Å². The molecule has 2 aliphatic rings. The minimum atomic E-state index is -4.54. The molecule has 5 rings (SSSR count). The van der Waals surface area contributed by atoms with E-state index >= 15 is 0 Å². The van der Waals surface area contributed by atoms with Crippen molar-refractivity contribution in [3.8, 4) is 0 Å². The van der Waals surface area contributed by atoms with Crippen LogP contribution in [0.3, 0.4) is 0 Å². The van der Waals surface area contributed by atoms with Crippen LogP contribution in [0.5, 0.6) is 0 Å². The lowest BCUT2D eigenvalue weighted by molar-refractivity contribution is -0.138. The zero-order valence-corrected chi connectivity index (χ0v) is 20.5. The van der Waals surface area contributed by atoms with Gasteiger partial charge in [-0.05, 0) is 66.1 Å². The van der Waals surface area contributed by atoms with E-state index in [-0.39, 0.29) is 34.2 Å². The molecule has 11 heteroatoms. The van der Waals surface area contributed by atoms with E-state index in [2.05, 4.69) is 5.10 Å². The molecule has 6 nitrogen and oxygen atoms in total. The highest BCUT2D eigenvalue weighted by molar-refractivity contribution is 8.18. The Bertz CT molecular complexity index is 1370. The summed E-state index contributed by atoms with van der Waals surface area (Å²) in [6.45, 7) is 1.51. The third-order valence-corrected chi connectivity index (χ3v) is 7.37. The Hall–Kier alpha value is -2.82. The van der Waals surface area contributed by atoms with Crippen molar-refractivity contribution in [1.82, 2.24) is 14.7 Å². The second-order valence-corrected chi connectivity index (χ2v) is 10.2. The number of amides is 2. The number of hydrogen-bond acceptors (Lipinski definition) is 5. The Labute approximate surface area is 214 Å². The van der Waals surface area contributed by atoms with Crippen LogP contribution in [0, 0.1) is 5.92 Å². The van der Waals surface area contributed by atoms with Crippen LogP contribution in [0.4, 0.5) is 18.0 Å². The van der Waals surface area contributed by atoms with Crippen LogP contribution in [0.2, 0.25) is 5.02 Å². The fraction of sp³-hybridized carbons (Fsp3) is 0.320. The molecule has 2 amide bonds. The van der Waals surface area contributed by atoms with Crippen LogP contribution in [0.25, 0.3) is 17.0 Å². The summed E-state index contributed by atoms with van der Waals surface area (Å²) in [6, 6.07) is 8.95. The Morgan fingerprint density at radius 2 is 2.03 bits per heavy atom. The van der Waals surface area contributed by atoms with Crippen LogP contribution in [-0.2, 0) is 22.3 Å². The molecule has 2 aliphatic heterocycles. The fourth-order valence-corrected chi connectivity index (χ4v) is 5.47. The highest BCUT2D eigenvalue weighted by Crippen LogP contribution is 2.36. The number of ether oxygens (including phenoxy) is 1. The Balaban J connectivity index is 1.36. The van der Waals surface area contributed by atoms with Gasteiger partial charge in [-0.2, -0.15) is 18.3 Å². The Kier molecular flexibility index (Phi) is 6.84. The normalized spacial score (nSPS) is 20.2. The number of fused-ring (bicyclic) bond motifs is 1. The molecule has 1 atom stereocenters. The van der Waals surface area contributed by atoms with Crippen molar-refractivity contribution in [2.45, 2.75) is 25.6 Å². The van der Waals surface area contributed by atoms with Crippen molar-refractivity contribution in [2.24, 2.45) is 5.92 Å². The highest BCUT2D eigenvalue weighted by Gasteiger charge is 2.37. The molecule has 188 valence electrons. The lowest BCUT2D eigenvalue weighted by Crippen LogP contribution is -2.36. The maximum Gasteiger partial charge on any atom is 0.416 e. The molecule has 2 aromatic carbocycles. The second kappa shape index (κ2) is 9.91. The predicted molar refractivity (Wildman–Crippen MR) is 132 cm³/mol. The summed E-state index contributed by atoms with van der Waals surface area (Å²) >= 11 is 6.68. The minimum absolute atomic E-state index is 0.0116. The minimum Gasteiger partial charge on any atom is -0.381 e. The summed E-state index contributed by atoms with van der Waals surface area (Å²) < 4.78 is 47.4. The lowest BCUT2D eigenvalue weighted by atomic mass is 10.0. The molecule has 0 N–H and O–H groups in total. The number of aromatic nitrogens is 2. The van der Waals surface area contributed by atoms with Crippen LogP contribution in [0.1, 0.15) is 29.5 Å². The van der Waals surface area contributed by atoms with Gasteiger partial charge < -0.3 is 4.74 Å². The van der Waals surface area contributed by atoms with Crippen molar-refractivity contribution in [2.75, 3.05) is 19.8 Å². The molecular weight excluding hydrogens is 515 g/mol. The van der Waals surface area contributed by atoms with Gasteiger partial charge >= 0.3 is 6.18 Å². The SMILES string of the molecule is O=C1S/C(=C\c2ccc3c(cnn3Cc3ccc(Cl)cc3C(F)(F)F)c2)C(=O)N1C[C@@H]1CCCOC1. The van der Waals surface area contributed by atoms with E-state index in [9.17, 15) is 22.8 Å². The molecule has 0 bridgehead atoms. The number of nitrogens with zero attached hydrogens (tertiary/aromatic N) is 3. The number of carbonyl (C=O) groups is 2. The standard InChI is InChI=1S/C25H21ClF3N3O3S/c26-19-5-4-17(20(10-19)25(27,28)29)13-32-21-6-3-15(8-18(21)11-30-32)9-22-23(33)31(24(34)36-22)12-16-2-1-7-35-14-16/h3-6,8-11,16H,1-2,7,12-14H2/b22-9-/t16-/m0/s1. The number of imide groups is 1. The Morgan fingerprint density at radius 3 is 2.78 bits per heavy atom. The number of benzene rings is 2. The molecular formula is C25H21ClF3N3O3S. The van der Waals surface area contributed by atoms with Crippen LogP contribution >= 0.6 is 23.4 Å². The summed E-state index contributed by atoms with van der Waals surface area (Å²) in [4.78, 5) is 26.9. The number of halogens is 4. The van der Waals surface area contributed by atoms with E-state index in [4.69, 9.17) is 16.3 Å². The molecule has 0 unspecified atom stereocenters. The maximum atomic E-state index is 13.5. The summed E-state index contributed by atoms with van der Waals surface area (Å²) in [7, 11) is 0. The van der Waals surface area contributed by atoms with E-state index in [1.54, 1.807) is 30.5 Å². The van der Waals surface area contributed by atoms with Gasteiger partial charge in [0.05, 0.1) is 35.3 Å². The van der Waals surface area contributed by atoms with Gasteiger partial charge in [0.25, 0.3) is 11.1 Å². The smallest absolute Gasteiger partial charge is 0.381 e. The zero-order chi connectivity index (χ0) is 25.4. The molecule has 0 saturated carbocycles. The third kappa shape index (κ3) is 5.16. The van der Waals surface area contributed by atoms with E-state index in [1.165, 1.54) is 21.7 Å². The molecule has 2 fully saturated rings. The molecule has 3 heterocycles. The van der Waals surface area contributed by atoms with Gasteiger partial charge in [-0.25, -0.2) is 0 Å². The topological polar surface area (TPSA) is 64.4 Å². The second-order valence-electron chi connectivity index (χ2n) is 8.80. The van der Waals surface area contributed by atoms with Gasteiger partial charge in [-0.15, -0.1) is 0 Å². The summed E-state index contributed by atoms with van der Waals surface area (Å²) in [5.74, 6) is -0.180. The maximum absolute atomic E-state index is 13.5. The Morgan fingerprint density at radius 1 is 1.19 bits per heavy atom. The van der Waals surface area contributed by atoms with Gasteiger partial charge in [0, 0.05) is 29.5 Å². The van der Waals surface area contributed by atoms with E-state index in [0.717, 1.165) is 30.7 Å². The van der Waals surface area contributed by atoms with Crippen LogP contribution in [-0.4, -0.2) is 45.6 Å². The molecule has 0 aliphatic carbocycles. The van der Waals surface area contributed by atoms with Crippen LogP contribution < -0.4 is 0 Å². The van der Waals surface area contributed by atoms with Crippen LogP contribution in [0.15, 0.2) is 47.5 Å². The van der Waals surface area contributed by atoms with Crippen molar-refractivity contribution >= 4 is 51.5 Å². The molecule has 0 radical (unpaired) electrons. The number of rotatable bonds is 5. The highest BCUT2D eigenvalue weighted by atomic mass is 35.5. The summed E-state index contributed by atoms with van der Waals surface area (Å²) in [5.41, 5.74) is 0.584. The van der Waals surface area contributed by atoms with Gasteiger partial charge in [-0.3, -0.25) is 19.2 Å². The first-order valence-corrected chi connectivity index (χ1v) is 12.5. The third-order valence-electron chi connectivity index (χ3n) is 6.23. The summed E-state index contributed by atoms with van der Waals surface area (Å²) in [6.07, 6.45) is 0.510. The zero-order valence-electron chi connectivity index (χ0n) is 18.9. The number of thioether (sulfide) groups is 1. The van der Waals surface area contributed by atoms with E-state index in [1.807, 2.05) is 0 Å². The first-order valence-electron chi connectivity index (χ1n) is 11.3. The monoisotopic (exact) mass is 535 g/mol. The van der Waals surface area contributed by atoms with Gasteiger partial charge in [-0.1, -0.05) is 23.7 Å². The van der Waals surface area contributed by atoms with Crippen molar-refractivity contribution in [3.63, 3.8) is 0 Å². The first-order chi connectivity index (χ1) is 17.2. The predicted octanol–water partition coefficient (Wildman–Crippen LogP) is 6.22. The largest absolute Gasteiger partial charge is 0.416 e. The number of hydrogen-bond donors (Lipinski definition) is 0. The average Bonchev–Trinajstić information content (AvgIpc) is 3.35. The number of alkyl halides is 3. The van der Waals surface area contributed by atoms with Gasteiger partial charge in [0.1, 0.15) is 0 Å². The summed E-state index contributed by atoms with van der Waals surface area (Å²) in [5, 5.41) is 4.68. The quantitative estimate of drug-likeness (QED) is 0.363. The van der Waals surface area contributed by atoms with Crippen molar-refractivity contribution in [3.05, 3.63) is 69.2 Å². The lowest BCUT2D eigenvalue weighted by Gasteiger charge is -2.25. The molecule has 36 heavy (non-hydrogen) atoms. The number of carbonyl (C=O) groups excluding carboxylic acids is 2. The first kappa shape index (κ1) is 24.9. The fourth-order valence-electron chi connectivity index (χ4n) is 4.45. The molecule has 3 aromatic rings. The van der Waals surface area contributed by atoms with Gasteiger partial charge in [0.15, 0.2) is 0 Å². The molecule has 1 aromatic heterocycles. The average molecular weight is 536 g/mol. The van der Waals surface area contributed by atoms with Crippen molar-refractivity contribution < 1.29 is 27.5 Å². The van der Waals surface area contributed by atoms with Crippen molar-refractivity contribution in [1.29, 1.82) is 0 Å². The molecule has 0 spiro atoms. The van der Waals surface area contributed by atoms with Gasteiger partial charge in [0.2, 0.25) is 0 Å². The van der Waals surface area contributed by atoms with E-state index in [0.29, 0.717) is 41.1 Å².